The van der Waals surface area contributed by atoms with Gasteiger partial charge in [-0.15, -0.1) is 0 Å². The molecule has 0 atom stereocenters. The third kappa shape index (κ3) is 0.852. The Hall–Kier alpha value is -1.51. The van der Waals surface area contributed by atoms with Crippen molar-refractivity contribution >= 4 is 11.4 Å². The SMILES string of the molecule is ON=C1CNc2ccccc21. The molecular weight excluding hydrogens is 140 g/mol. The Morgan fingerprint density at radius 2 is 2.18 bits per heavy atom. The highest BCUT2D eigenvalue weighted by Crippen LogP contribution is 2.20. The number of hydrogen-bond donors (Lipinski definition) is 2. The largest absolute Gasteiger partial charge is 0.411 e. The van der Waals surface area contributed by atoms with Gasteiger partial charge in [-0.05, 0) is 6.07 Å². The maximum atomic E-state index is 8.56. The van der Waals surface area contributed by atoms with E-state index in [0.29, 0.717) is 12.3 Å². The Morgan fingerprint density at radius 3 is 3.00 bits per heavy atom. The van der Waals surface area contributed by atoms with Crippen LogP contribution in [0.25, 0.3) is 0 Å². The minimum atomic E-state index is 0.621. The van der Waals surface area contributed by atoms with Crippen LogP contribution in [0.15, 0.2) is 29.4 Å². The van der Waals surface area contributed by atoms with Gasteiger partial charge in [-0.25, -0.2) is 0 Å². The molecule has 1 aliphatic rings. The lowest BCUT2D eigenvalue weighted by molar-refractivity contribution is 0.319. The maximum absolute atomic E-state index is 8.56. The van der Waals surface area contributed by atoms with E-state index in [1.807, 2.05) is 24.3 Å². The molecule has 0 bridgehead atoms. The molecule has 1 aliphatic heterocycles. The van der Waals surface area contributed by atoms with E-state index in [1.54, 1.807) is 0 Å². The van der Waals surface area contributed by atoms with E-state index >= 15 is 0 Å². The molecular formula is C8H8N2O. The van der Waals surface area contributed by atoms with E-state index < -0.39 is 0 Å². The molecule has 0 aromatic heterocycles. The lowest BCUT2D eigenvalue weighted by Gasteiger charge is -1.94. The first kappa shape index (κ1) is 6.22. The number of rotatable bonds is 0. The molecule has 3 heteroatoms. The fourth-order valence-corrected chi connectivity index (χ4v) is 1.25. The molecule has 1 aromatic carbocycles. The van der Waals surface area contributed by atoms with E-state index in [4.69, 9.17) is 5.21 Å². The van der Waals surface area contributed by atoms with Crippen molar-refractivity contribution in [3.05, 3.63) is 29.8 Å². The first-order chi connectivity index (χ1) is 5.42. The van der Waals surface area contributed by atoms with Crippen LogP contribution in [0.2, 0.25) is 0 Å². The molecule has 0 saturated carbocycles. The third-order valence-corrected chi connectivity index (χ3v) is 1.80. The third-order valence-electron chi connectivity index (χ3n) is 1.80. The van der Waals surface area contributed by atoms with Gasteiger partial charge in [0.15, 0.2) is 0 Å². The molecule has 1 heterocycles. The van der Waals surface area contributed by atoms with Gasteiger partial charge in [-0.1, -0.05) is 23.4 Å². The molecule has 56 valence electrons. The highest BCUT2D eigenvalue weighted by Gasteiger charge is 2.15. The average Bonchev–Trinajstić information content (AvgIpc) is 2.47. The van der Waals surface area contributed by atoms with Crippen molar-refractivity contribution in [3.8, 4) is 0 Å². The van der Waals surface area contributed by atoms with Crippen LogP contribution in [-0.2, 0) is 0 Å². The summed E-state index contributed by atoms with van der Waals surface area (Å²) in [6, 6.07) is 7.78. The summed E-state index contributed by atoms with van der Waals surface area (Å²) in [5.41, 5.74) is 2.75. The van der Waals surface area contributed by atoms with Crippen molar-refractivity contribution in [2.24, 2.45) is 5.16 Å². The van der Waals surface area contributed by atoms with Gasteiger partial charge >= 0.3 is 0 Å². The van der Waals surface area contributed by atoms with Crippen molar-refractivity contribution in [2.75, 3.05) is 11.9 Å². The smallest absolute Gasteiger partial charge is 0.108 e. The van der Waals surface area contributed by atoms with E-state index in [9.17, 15) is 0 Å². The summed E-state index contributed by atoms with van der Waals surface area (Å²) in [6.07, 6.45) is 0. The van der Waals surface area contributed by atoms with Crippen molar-refractivity contribution in [1.29, 1.82) is 0 Å². The van der Waals surface area contributed by atoms with E-state index in [1.165, 1.54) is 0 Å². The summed E-state index contributed by atoms with van der Waals surface area (Å²) in [5, 5.41) is 14.9. The van der Waals surface area contributed by atoms with Gasteiger partial charge in [0.05, 0.1) is 6.54 Å². The summed E-state index contributed by atoms with van der Waals surface area (Å²) >= 11 is 0. The molecule has 0 radical (unpaired) electrons. The molecule has 3 nitrogen and oxygen atoms in total. The Labute approximate surface area is 64.3 Å². The summed E-state index contributed by atoms with van der Waals surface area (Å²) in [7, 11) is 0. The van der Waals surface area contributed by atoms with Gasteiger partial charge < -0.3 is 10.5 Å². The van der Waals surface area contributed by atoms with Crippen molar-refractivity contribution in [2.45, 2.75) is 0 Å². The Balaban J connectivity index is 2.55. The topological polar surface area (TPSA) is 44.6 Å². The monoisotopic (exact) mass is 148 g/mol. The lowest BCUT2D eigenvalue weighted by atomic mass is 10.1. The van der Waals surface area contributed by atoms with Crippen LogP contribution >= 0.6 is 0 Å². The minimum Gasteiger partial charge on any atom is -0.411 e. The lowest BCUT2D eigenvalue weighted by Crippen LogP contribution is -2.02. The minimum absolute atomic E-state index is 0.621. The predicted molar refractivity (Wildman–Crippen MR) is 43.3 cm³/mol. The van der Waals surface area contributed by atoms with Crippen molar-refractivity contribution < 1.29 is 5.21 Å². The van der Waals surface area contributed by atoms with Crippen LogP contribution in [0.4, 0.5) is 5.69 Å². The van der Waals surface area contributed by atoms with Crippen molar-refractivity contribution in [3.63, 3.8) is 0 Å². The van der Waals surface area contributed by atoms with Gasteiger partial charge in [-0.2, -0.15) is 0 Å². The predicted octanol–water partition coefficient (Wildman–Crippen LogP) is 1.29. The van der Waals surface area contributed by atoms with Crippen LogP contribution in [0, 0.1) is 0 Å². The van der Waals surface area contributed by atoms with Gasteiger partial charge in [0.1, 0.15) is 5.71 Å². The van der Waals surface area contributed by atoms with Gasteiger partial charge in [0, 0.05) is 11.3 Å². The second-order valence-corrected chi connectivity index (χ2v) is 2.45. The zero-order chi connectivity index (χ0) is 7.68. The molecule has 0 aliphatic carbocycles. The number of nitrogens with zero attached hydrogens (tertiary/aromatic N) is 1. The fourth-order valence-electron chi connectivity index (χ4n) is 1.25. The Morgan fingerprint density at radius 1 is 1.36 bits per heavy atom. The summed E-state index contributed by atoms with van der Waals surface area (Å²) < 4.78 is 0. The van der Waals surface area contributed by atoms with E-state index in [0.717, 1.165) is 11.3 Å². The quantitative estimate of drug-likeness (QED) is 0.430. The van der Waals surface area contributed by atoms with Crippen LogP contribution in [0.3, 0.4) is 0 Å². The second-order valence-electron chi connectivity index (χ2n) is 2.45. The first-order valence-corrected chi connectivity index (χ1v) is 3.46. The fraction of sp³-hybridized carbons (Fsp3) is 0.125. The second kappa shape index (κ2) is 2.27. The molecule has 2 rings (SSSR count). The Kier molecular flexibility index (Phi) is 1.28. The number of nitrogens with one attached hydrogen (secondary N) is 1. The van der Waals surface area contributed by atoms with Crippen LogP contribution in [0.5, 0.6) is 0 Å². The first-order valence-electron chi connectivity index (χ1n) is 3.46. The maximum Gasteiger partial charge on any atom is 0.108 e. The van der Waals surface area contributed by atoms with Gasteiger partial charge in [-0.3, -0.25) is 0 Å². The highest BCUT2D eigenvalue weighted by atomic mass is 16.4. The average molecular weight is 148 g/mol. The molecule has 0 amide bonds. The molecule has 0 saturated heterocycles. The number of fused-ring (bicyclic) bond motifs is 1. The molecule has 11 heavy (non-hydrogen) atoms. The molecule has 2 N–H and O–H groups in total. The number of benzene rings is 1. The van der Waals surface area contributed by atoms with E-state index in [2.05, 4.69) is 10.5 Å². The number of hydrogen-bond acceptors (Lipinski definition) is 3. The van der Waals surface area contributed by atoms with Crippen LogP contribution in [0.1, 0.15) is 5.56 Å². The zero-order valence-electron chi connectivity index (χ0n) is 5.91. The van der Waals surface area contributed by atoms with Gasteiger partial charge in [0.25, 0.3) is 0 Å². The molecule has 0 unspecified atom stereocenters. The number of anilines is 1. The molecule has 0 fully saturated rings. The normalized spacial score (nSPS) is 18.0. The van der Waals surface area contributed by atoms with Crippen LogP contribution < -0.4 is 5.32 Å². The van der Waals surface area contributed by atoms with E-state index in [-0.39, 0.29) is 0 Å². The highest BCUT2D eigenvalue weighted by molar-refractivity contribution is 6.10. The summed E-state index contributed by atoms with van der Waals surface area (Å²) in [5.74, 6) is 0. The summed E-state index contributed by atoms with van der Waals surface area (Å²) in [4.78, 5) is 0. The van der Waals surface area contributed by atoms with Crippen molar-refractivity contribution in [1.82, 2.24) is 0 Å². The Bertz CT molecular complexity index is 307. The number of para-hydroxylation sites is 1. The number of oxime groups is 1. The summed E-state index contributed by atoms with van der Waals surface area (Å²) in [6.45, 7) is 0.621. The standard InChI is InChI=1S/C8H8N2O/c11-10-8-5-9-7-4-2-1-3-6(7)8/h1-4,9,11H,5H2. The van der Waals surface area contributed by atoms with Gasteiger partial charge in [0.2, 0.25) is 0 Å². The molecule has 1 aromatic rings. The molecule has 0 spiro atoms. The zero-order valence-corrected chi connectivity index (χ0v) is 5.91. The van der Waals surface area contributed by atoms with Crippen LogP contribution in [-0.4, -0.2) is 17.5 Å².